The number of alkyl halides is 3. The van der Waals surface area contributed by atoms with E-state index in [9.17, 15) is 13.2 Å². The molecule has 2 atom stereocenters. The fraction of sp³-hybridized carbons (Fsp3) is 1.00. The summed E-state index contributed by atoms with van der Waals surface area (Å²) in [7, 11) is 0. The standard InChI is InChI=1S/C6H9F3O2/c7-6(8,9)4-1-5(2-10)11-3-4/h4-5,10H,1-3H2. The van der Waals surface area contributed by atoms with Crippen molar-refractivity contribution in [2.45, 2.75) is 18.7 Å². The van der Waals surface area contributed by atoms with Crippen molar-refractivity contribution < 1.29 is 23.0 Å². The fourth-order valence-corrected chi connectivity index (χ4v) is 1.06. The van der Waals surface area contributed by atoms with Crippen LogP contribution in [0.1, 0.15) is 6.42 Å². The predicted octanol–water partition coefficient (Wildman–Crippen LogP) is 0.946. The Balaban J connectivity index is 2.42. The third kappa shape index (κ3) is 2.07. The lowest BCUT2D eigenvalue weighted by Gasteiger charge is -2.11. The number of rotatable bonds is 1. The van der Waals surface area contributed by atoms with E-state index in [-0.39, 0.29) is 19.6 Å². The highest BCUT2D eigenvalue weighted by Gasteiger charge is 2.44. The molecule has 11 heavy (non-hydrogen) atoms. The number of aliphatic hydroxyl groups excluding tert-OH is 1. The molecule has 0 spiro atoms. The molecule has 2 unspecified atom stereocenters. The zero-order valence-electron chi connectivity index (χ0n) is 5.77. The number of hydrogen-bond acceptors (Lipinski definition) is 2. The molecular weight excluding hydrogens is 161 g/mol. The first-order valence-electron chi connectivity index (χ1n) is 3.33. The monoisotopic (exact) mass is 170 g/mol. The Morgan fingerprint density at radius 1 is 1.45 bits per heavy atom. The molecule has 0 aromatic carbocycles. The summed E-state index contributed by atoms with van der Waals surface area (Å²) in [5.41, 5.74) is 0. The van der Waals surface area contributed by atoms with Crippen LogP contribution < -0.4 is 0 Å². The summed E-state index contributed by atoms with van der Waals surface area (Å²) < 4.78 is 40.4. The van der Waals surface area contributed by atoms with E-state index in [0.29, 0.717) is 0 Å². The number of ether oxygens (including phenoxy) is 1. The molecular formula is C6H9F3O2. The molecule has 0 saturated carbocycles. The Labute approximate surface area is 62.0 Å². The van der Waals surface area contributed by atoms with Gasteiger partial charge in [0.15, 0.2) is 0 Å². The maximum absolute atomic E-state index is 11.9. The van der Waals surface area contributed by atoms with Crippen molar-refractivity contribution in [2.24, 2.45) is 5.92 Å². The summed E-state index contributed by atoms with van der Waals surface area (Å²) in [6, 6.07) is 0. The lowest BCUT2D eigenvalue weighted by atomic mass is 10.1. The van der Waals surface area contributed by atoms with Gasteiger partial charge in [0.1, 0.15) is 0 Å². The minimum absolute atomic E-state index is 0.111. The molecule has 1 rings (SSSR count). The van der Waals surface area contributed by atoms with E-state index in [2.05, 4.69) is 4.74 Å². The van der Waals surface area contributed by atoms with Crippen molar-refractivity contribution >= 4 is 0 Å². The summed E-state index contributed by atoms with van der Waals surface area (Å²) in [4.78, 5) is 0. The maximum Gasteiger partial charge on any atom is 0.394 e. The largest absolute Gasteiger partial charge is 0.394 e. The SMILES string of the molecule is OCC1CC(C(F)(F)F)CO1. The van der Waals surface area contributed by atoms with Gasteiger partial charge in [0, 0.05) is 0 Å². The van der Waals surface area contributed by atoms with Gasteiger partial charge in [-0.25, -0.2) is 0 Å². The van der Waals surface area contributed by atoms with Crippen LogP contribution in [-0.4, -0.2) is 30.6 Å². The number of hydrogen-bond donors (Lipinski definition) is 1. The first kappa shape index (κ1) is 8.80. The molecule has 0 bridgehead atoms. The third-order valence-corrected chi connectivity index (χ3v) is 1.75. The van der Waals surface area contributed by atoms with Crippen LogP contribution in [0.5, 0.6) is 0 Å². The van der Waals surface area contributed by atoms with Crippen molar-refractivity contribution in [1.82, 2.24) is 0 Å². The van der Waals surface area contributed by atoms with E-state index in [4.69, 9.17) is 5.11 Å². The van der Waals surface area contributed by atoms with Gasteiger partial charge < -0.3 is 9.84 Å². The van der Waals surface area contributed by atoms with Gasteiger partial charge in [0.05, 0.1) is 25.2 Å². The molecule has 1 N–H and O–H groups in total. The van der Waals surface area contributed by atoms with Gasteiger partial charge in [-0.2, -0.15) is 13.2 Å². The van der Waals surface area contributed by atoms with Gasteiger partial charge in [0.25, 0.3) is 0 Å². The topological polar surface area (TPSA) is 29.5 Å². The van der Waals surface area contributed by atoms with Crippen molar-refractivity contribution in [3.63, 3.8) is 0 Å². The normalized spacial score (nSPS) is 32.7. The second-order valence-electron chi connectivity index (χ2n) is 2.61. The third-order valence-electron chi connectivity index (χ3n) is 1.75. The summed E-state index contributed by atoms with van der Waals surface area (Å²) in [6.45, 7) is -0.638. The van der Waals surface area contributed by atoms with Gasteiger partial charge in [0.2, 0.25) is 0 Å². The molecule has 0 radical (unpaired) electrons. The van der Waals surface area contributed by atoms with Crippen LogP contribution in [-0.2, 0) is 4.74 Å². The van der Waals surface area contributed by atoms with Crippen molar-refractivity contribution in [1.29, 1.82) is 0 Å². The molecule has 5 heteroatoms. The van der Waals surface area contributed by atoms with E-state index in [0.717, 1.165) is 0 Å². The Morgan fingerprint density at radius 3 is 2.36 bits per heavy atom. The first-order chi connectivity index (χ1) is 5.04. The number of aliphatic hydroxyl groups is 1. The molecule has 2 nitrogen and oxygen atoms in total. The van der Waals surface area contributed by atoms with E-state index in [1.165, 1.54) is 0 Å². The smallest absolute Gasteiger partial charge is 0.394 e. The van der Waals surface area contributed by atoms with Crippen molar-refractivity contribution in [3.05, 3.63) is 0 Å². The van der Waals surface area contributed by atoms with Crippen LogP contribution in [0.25, 0.3) is 0 Å². The Hall–Kier alpha value is -0.290. The maximum atomic E-state index is 11.9. The lowest BCUT2D eigenvalue weighted by Crippen LogP contribution is -2.23. The van der Waals surface area contributed by atoms with Gasteiger partial charge in [-0.05, 0) is 6.42 Å². The highest BCUT2D eigenvalue weighted by molar-refractivity contribution is 4.77. The quantitative estimate of drug-likeness (QED) is 0.634. The molecule has 1 saturated heterocycles. The Bertz CT molecular complexity index is 134. The molecule has 0 amide bonds. The van der Waals surface area contributed by atoms with E-state index in [1.807, 2.05) is 0 Å². The first-order valence-corrected chi connectivity index (χ1v) is 3.33. The average molecular weight is 170 g/mol. The fourth-order valence-electron chi connectivity index (χ4n) is 1.06. The molecule has 0 aromatic heterocycles. The van der Waals surface area contributed by atoms with E-state index < -0.39 is 18.2 Å². The molecule has 0 aromatic rings. The van der Waals surface area contributed by atoms with Crippen molar-refractivity contribution in [3.8, 4) is 0 Å². The summed E-state index contributed by atoms with van der Waals surface area (Å²) in [5, 5.41) is 8.46. The minimum Gasteiger partial charge on any atom is -0.394 e. The van der Waals surface area contributed by atoms with Crippen LogP contribution in [0.2, 0.25) is 0 Å². The van der Waals surface area contributed by atoms with Crippen LogP contribution in [0.3, 0.4) is 0 Å². The average Bonchev–Trinajstić information content (AvgIpc) is 2.32. The zero-order chi connectivity index (χ0) is 8.48. The van der Waals surface area contributed by atoms with E-state index in [1.54, 1.807) is 0 Å². The molecule has 1 heterocycles. The zero-order valence-corrected chi connectivity index (χ0v) is 5.77. The second-order valence-corrected chi connectivity index (χ2v) is 2.61. The summed E-state index contributed by atoms with van der Waals surface area (Å²) in [5.74, 6) is -1.39. The summed E-state index contributed by atoms with van der Waals surface area (Å²) in [6.07, 6.45) is -4.91. The number of halogens is 3. The van der Waals surface area contributed by atoms with Gasteiger partial charge in [-0.1, -0.05) is 0 Å². The van der Waals surface area contributed by atoms with Crippen molar-refractivity contribution in [2.75, 3.05) is 13.2 Å². The minimum atomic E-state index is -4.18. The lowest BCUT2D eigenvalue weighted by molar-refractivity contribution is -0.173. The predicted molar refractivity (Wildman–Crippen MR) is 31.0 cm³/mol. The highest BCUT2D eigenvalue weighted by Crippen LogP contribution is 2.34. The Morgan fingerprint density at radius 2 is 2.09 bits per heavy atom. The van der Waals surface area contributed by atoms with Gasteiger partial charge >= 0.3 is 6.18 Å². The van der Waals surface area contributed by atoms with Gasteiger partial charge in [-0.3, -0.25) is 0 Å². The van der Waals surface area contributed by atoms with Crippen LogP contribution in [0.4, 0.5) is 13.2 Å². The van der Waals surface area contributed by atoms with Crippen LogP contribution in [0, 0.1) is 5.92 Å². The molecule has 66 valence electrons. The molecule has 1 fully saturated rings. The molecule has 1 aliphatic rings. The second kappa shape index (κ2) is 2.98. The van der Waals surface area contributed by atoms with Gasteiger partial charge in [-0.15, -0.1) is 0 Å². The summed E-state index contributed by atoms with van der Waals surface area (Å²) >= 11 is 0. The Kier molecular flexibility index (Phi) is 2.39. The highest BCUT2D eigenvalue weighted by atomic mass is 19.4. The molecule has 1 aliphatic heterocycles. The van der Waals surface area contributed by atoms with Crippen LogP contribution in [0.15, 0.2) is 0 Å². The molecule has 0 aliphatic carbocycles. The van der Waals surface area contributed by atoms with E-state index >= 15 is 0 Å². The van der Waals surface area contributed by atoms with Crippen LogP contribution >= 0.6 is 0 Å².